The van der Waals surface area contributed by atoms with E-state index in [1.54, 1.807) is 13.8 Å². The topological polar surface area (TPSA) is 381 Å². The number of amides is 4. The molecule has 0 radical (unpaired) electrons. The number of methoxy groups -OCH3 is 1. The van der Waals surface area contributed by atoms with Crippen LogP contribution in [0, 0.1) is 5.92 Å². The molecular weight excluding hydrogens is 975 g/mol. The first-order valence-electron chi connectivity index (χ1n) is 24.9. The molecular formula is C45H75N7O19S. The van der Waals surface area contributed by atoms with E-state index in [0.29, 0.717) is 38.8 Å². The van der Waals surface area contributed by atoms with E-state index in [1.807, 2.05) is 19.9 Å². The molecule has 2 bridgehead atoms. The van der Waals surface area contributed by atoms with Crippen LogP contribution in [0.2, 0.25) is 0 Å². The van der Waals surface area contributed by atoms with Crippen molar-refractivity contribution < 1.29 is 94.6 Å². The molecule has 4 fully saturated rings. The Balaban J connectivity index is 1.51. The van der Waals surface area contributed by atoms with Crippen LogP contribution in [0.5, 0.6) is 0 Å². The first kappa shape index (κ1) is 58.8. The summed E-state index contributed by atoms with van der Waals surface area (Å²) in [5.74, 6) is -4.84. The number of likely N-dealkylation sites (tertiary alicyclic amines) is 1. The van der Waals surface area contributed by atoms with Gasteiger partial charge in [0.2, 0.25) is 22.2 Å². The van der Waals surface area contributed by atoms with Crippen LogP contribution < -0.4 is 32.3 Å². The highest BCUT2D eigenvalue weighted by atomic mass is 32.3. The molecule has 410 valence electrons. The molecule has 5 rings (SSSR count). The number of nitrogens with one attached hydrogen (secondary N) is 4. The van der Waals surface area contributed by atoms with Crippen LogP contribution in [0.4, 0.5) is 4.79 Å². The standard InChI is InChI=1S/C45H75N7O19S/c1-6-9-11-13-30(53)66-22-28-34(55)35(56)36(70-31(54)14-12-10-7-2)42(69-28)68-26-19-27-38(57)45(20-26)37(50-44(61)71-45)33(40(59)48-17-15-25-16-18-51(21-25)43(46)47)52(27)41(60)32(24(4)8-3)49-39(58)29(65-5)23-67-72(62,63)64/h16,24,26-29,32-38,42-43,55-57H,6-15,17-23,46-47H2,1-5H3,(H,48,59)(H,49,58)(H,50,61)(H,62,63,64). The van der Waals surface area contributed by atoms with E-state index in [1.165, 1.54) is 0 Å². The Morgan fingerprint density at radius 1 is 1.04 bits per heavy atom. The van der Waals surface area contributed by atoms with Gasteiger partial charge in [-0.3, -0.25) is 39.6 Å². The molecule has 1 spiro atoms. The number of fused-ring (bicyclic) bond motifs is 1. The summed E-state index contributed by atoms with van der Waals surface area (Å²) in [4.78, 5) is 85.0. The predicted octanol–water partition coefficient (Wildman–Crippen LogP) is -3.43. The Hall–Kier alpha value is -4.13. The maximum Gasteiger partial charge on any atom is 0.408 e. The van der Waals surface area contributed by atoms with Crippen molar-refractivity contribution in [2.45, 2.75) is 190 Å². The van der Waals surface area contributed by atoms with Crippen molar-refractivity contribution in [2.24, 2.45) is 17.4 Å². The molecule has 26 nitrogen and oxygen atoms in total. The van der Waals surface area contributed by atoms with Crippen LogP contribution in [0.3, 0.4) is 0 Å². The monoisotopic (exact) mass is 1050 g/mol. The Morgan fingerprint density at radius 2 is 1.72 bits per heavy atom. The molecule has 15 atom stereocenters. The highest BCUT2D eigenvalue weighted by Gasteiger charge is 2.70. The van der Waals surface area contributed by atoms with Crippen molar-refractivity contribution in [1.29, 1.82) is 0 Å². The summed E-state index contributed by atoms with van der Waals surface area (Å²) in [5.41, 5.74) is 10.7. The number of aliphatic hydroxyl groups is 3. The molecule has 11 N–H and O–H groups in total. The first-order chi connectivity index (χ1) is 34.1. The number of ether oxygens (including phenoxy) is 6. The first-order valence-corrected chi connectivity index (χ1v) is 26.2. The molecule has 27 heteroatoms. The fourth-order valence-electron chi connectivity index (χ4n) is 9.93. The van der Waals surface area contributed by atoms with Gasteiger partial charge >= 0.3 is 18.0 Å². The number of alkyl carbamates (subject to hydrolysis) is 1. The van der Waals surface area contributed by atoms with Gasteiger partial charge in [-0.1, -0.05) is 59.8 Å². The van der Waals surface area contributed by atoms with Crippen molar-refractivity contribution in [2.75, 3.05) is 40.0 Å². The summed E-state index contributed by atoms with van der Waals surface area (Å²) in [6, 6.07) is -6.10. The van der Waals surface area contributed by atoms with Crippen LogP contribution in [0.25, 0.3) is 0 Å². The lowest BCUT2D eigenvalue weighted by Crippen LogP contribution is -3.18. The van der Waals surface area contributed by atoms with Crippen LogP contribution in [0.15, 0.2) is 11.6 Å². The normalized spacial score (nSPS) is 31.3. The third-order valence-electron chi connectivity index (χ3n) is 14.2. The summed E-state index contributed by atoms with van der Waals surface area (Å²) >= 11 is 0. The minimum absolute atomic E-state index is 0.0496. The lowest BCUT2D eigenvalue weighted by molar-refractivity contribution is -0.909. The number of hydrogen-bond acceptors (Lipinski definition) is 21. The highest BCUT2D eigenvalue weighted by Crippen LogP contribution is 2.48. The van der Waals surface area contributed by atoms with E-state index in [2.05, 4.69) is 20.1 Å². The summed E-state index contributed by atoms with van der Waals surface area (Å²) in [7, 11) is -4.23. The van der Waals surface area contributed by atoms with Crippen molar-refractivity contribution in [3.8, 4) is 0 Å². The van der Waals surface area contributed by atoms with Gasteiger partial charge in [-0.2, -0.15) is 0 Å². The van der Waals surface area contributed by atoms with Gasteiger partial charge < -0.3 is 74.0 Å². The number of nitrogens with zero attached hydrogens (tertiary/aromatic N) is 1. The largest absolute Gasteiger partial charge is 0.726 e. The molecule has 4 heterocycles. The van der Waals surface area contributed by atoms with Gasteiger partial charge in [0.25, 0.3) is 5.91 Å². The lowest BCUT2D eigenvalue weighted by atomic mass is 9.66. The summed E-state index contributed by atoms with van der Waals surface area (Å²) in [6.07, 6.45) is -8.71. The zero-order chi connectivity index (χ0) is 53.1. The maximum atomic E-state index is 15.4. The van der Waals surface area contributed by atoms with Gasteiger partial charge in [0.05, 0.1) is 18.7 Å². The SMILES string of the molecule is CCCCCC(=O)OCC1OC(OC2CC3C(O)C4(C2)OC(=O)NC4C(C(=O)NCCC2=CC[NH+](C(N)N)C2)N3C(=O)C(NC(=O)C(COS(=O)(=O)[O-])OC)C(C)CC)C(OC(=O)CCCCC)C(O)C1O. The van der Waals surface area contributed by atoms with E-state index >= 15 is 4.79 Å². The number of quaternary nitrogens is 1. The summed E-state index contributed by atoms with van der Waals surface area (Å²) in [5, 5.41) is 43.1. The lowest BCUT2D eigenvalue weighted by Gasteiger charge is -2.58. The number of carbonyl (C=O) groups is 6. The van der Waals surface area contributed by atoms with Crippen molar-refractivity contribution in [3.05, 3.63) is 11.6 Å². The quantitative estimate of drug-likeness (QED) is 0.00735. The average molecular weight is 1050 g/mol. The van der Waals surface area contributed by atoms with Crippen LogP contribution in [-0.4, -0.2) is 194 Å². The molecule has 3 saturated heterocycles. The zero-order valence-corrected chi connectivity index (χ0v) is 42.4. The molecule has 4 aliphatic heterocycles. The molecule has 15 unspecified atom stereocenters. The third kappa shape index (κ3) is 14.6. The number of piperidine rings is 1. The van der Waals surface area contributed by atoms with E-state index in [0.717, 1.165) is 41.7 Å². The summed E-state index contributed by atoms with van der Waals surface area (Å²) in [6.45, 7) is 6.77. The molecule has 1 aliphatic carbocycles. The second kappa shape index (κ2) is 26.4. The van der Waals surface area contributed by atoms with Gasteiger partial charge in [0.15, 0.2) is 30.4 Å². The van der Waals surface area contributed by atoms with Gasteiger partial charge in [0, 0.05) is 32.9 Å². The number of aliphatic hydroxyl groups excluding tert-OH is 3. The van der Waals surface area contributed by atoms with E-state index in [-0.39, 0.29) is 38.6 Å². The van der Waals surface area contributed by atoms with Gasteiger partial charge in [-0.15, -0.1) is 0 Å². The second-order valence-electron chi connectivity index (χ2n) is 19.2. The fourth-order valence-corrected chi connectivity index (χ4v) is 10.2. The minimum atomic E-state index is -5.27. The Morgan fingerprint density at radius 3 is 2.33 bits per heavy atom. The predicted molar refractivity (Wildman–Crippen MR) is 247 cm³/mol. The van der Waals surface area contributed by atoms with Crippen molar-refractivity contribution >= 4 is 46.2 Å². The molecule has 0 aromatic carbocycles. The number of carbonyl (C=O) groups excluding carboxylic acids is 6. The minimum Gasteiger partial charge on any atom is -0.726 e. The van der Waals surface area contributed by atoms with Crippen LogP contribution in [-0.2, 0) is 67.0 Å². The second-order valence-corrected chi connectivity index (χ2v) is 20.3. The van der Waals surface area contributed by atoms with E-state index in [9.17, 15) is 52.3 Å². The molecule has 5 aliphatic rings. The van der Waals surface area contributed by atoms with Crippen molar-refractivity contribution in [3.63, 3.8) is 0 Å². The molecule has 4 amide bonds. The number of nitrogens with two attached hydrogens (primary N) is 2. The number of hydrogen-bond donors (Lipinski definition) is 9. The fraction of sp³-hybridized carbons (Fsp3) is 0.822. The van der Waals surface area contributed by atoms with Gasteiger partial charge in [0.1, 0.15) is 62.3 Å². The Bertz CT molecular complexity index is 2030. The van der Waals surface area contributed by atoms with E-state index < -0.39 is 150 Å². The highest BCUT2D eigenvalue weighted by molar-refractivity contribution is 7.80. The molecule has 1 saturated carbocycles. The van der Waals surface area contributed by atoms with Crippen LogP contribution >= 0.6 is 0 Å². The van der Waals surface area contributed by atoms with Crippen molar-refractivity contribution in [1.82, 2.24) is 20.9 Å². The summed E-state index contributed by atoms with van der Waals surface area (Å²) < 4.78 is 72.9. The third-order valence-corrected chi connectivity index (χ3v) is 14.6. The average Bonchev–Trinajstić information content (AvgIpc) is 3.94. The number of esters is 2. The van der Waals surface area contributed by atoms with E-state index in [4.69, 9.17) is 39.9 Å². The number of unbranched alkanes of at least 4 members (excludes halogenated alkanes) is 4. The van der Waals surface area contributed by atoms with Gasteiger partial charge in [-0.25, -0.2) is 13.2 Å². The van der Waals surface area contributed by atoms with Crippen LogP contribution in [0.1, 0.15) is 105 Å². The molecule has 0 aromatic heterocycles. The Kier molecular flexibility index (Phi) is 21.5. The smallest absolute Gasteiger partial charge is 0.408 e. The molecule has 72 heavy (non-hydrogen) atoms. The zero-order valence-electron chi connectivity index (χ0n) is 41.6. The number of rotatable bonds is 27. The molecule has 0 aromatic rings. The van der Waals surface area contributed by atoms with Gasteiger partial charge in [-0.05, 0) is 43.3 Å². The maximum absolute atomic E-state index is 15.4. The Labute approximate surface area is 419 Å².